The molecule has 0 bridgehead atoms. The molecule has 0 N–H and O–H groups in total. The Morgan fingerprint density at radius 2 is 1.80 bits per heavy atom. The van der Waals surface area contributed by atoms with E-state index in [0.717, 1.165) is 6.08 Å². The number of carbonyl (C=O) groups is 1. The second-order valence-electron chi connectivity index (χ2n) is 2.92. The number of carbonyl (C=O) groups excluding carboxylic acids is 1. The third kappa shape index (κ3) is 5.03. The van der Waals surface area contributed by atoms with Crippen LogP contribution in [0.15, 0.2) is 12.3 Å². The van der Waals surface area contributed by atoms with Crippen molar-refractivity contribution in [2.75, 3.05) is 0 Å². The maximum Gasteiger partial charge on any atom is 1.00 e. The molecule has 0 amide bonds. The van der Waals surface area contributed by atoms with Gasteiger partial charge in [0.2, 0.25) is 0 Å². The fraction of sp³-hybridized carbons (Fsp3) is 0.571. The van der Waals surface area contributed by atoms with E-state index in [9.17, 15) is 9.90 Å². The van der Waals surface area contributed by atoms with Gasteiger partial charge in [0, 0.05) is 5.41 Å². The minimum absolute atomic E-state index is 0. The Bertz CT molecular complexity index is 133. The zero-order valence-electron chi connectivity index (χ0n) is 6.97. The van der Waals surface area contributed by atoms with Gasteiger partial charge in [-0.3, -0.25) is 4.79 Å². The van der Waals surface area contributed by atoms with Crippen molar-refractivity contribution < 1.29 is 39.5 Å². The summed E-state index contributed by atoms with van der Waals surface area (Å²) >= 11 is 0. The van der Waals surface area contributed by atoms with E-state index in [2.05, 4.69) is 0 Å². The molecule has 0 aromatic rings. The Hall–Kier alpha value is 0.210. The smallest absolute Gasteiger partial charge is 0.878 e. The van der Waals surface area contributed by atoms with Gasteiger partial charge in [-0.1, -0.05) is 20.8 Å². The van der Waals surface area contributed by atoms with Crippen LogP contribution in [0.25, 0.3) is 0 Å². The number of hydrogen-bond acceptors (Lipinski definition) is 2. The molecular weight excluding hydrogens is 139 g/mol. The van der Waals surface area contributed by atoms with Crippen LogP contribution in [0.4, 0.5) is 0 Å². The Morgan fingerprint density at radius 3 is 1.90 bits per heavy atom. The quantitative estimate of drug-likeness (QED) is 0.235. The second-order valence-corrected chi connectivity index (χ2v) is 2.92. The molecule has 0 aliphatic heterocycles. The summed E-state index contributed by atoms with van der Waals surface area (Å²) in [6.07, 6.45) is 1.58. The van der Waals surface area contributed by atoms with Crippen molar-refractivity contribution in [3.05, 3.63) is 12.3 Å². The molecule has 0 aromatic heterocycles. The molecule has 0 aromatic carbocycles. The molecule has 0 fully saturated rings. The number of hydrogen-bond donors (Lipinski definition) is 0. The van der Waals surface area contributed by atoms with Crippen LogP contribution in [0.5, 0.6) is 0 Å². The summed E-state index contributed by atoms with van der Waals surface area (Å²) in [4.78, 5) is 10.8. The van der Waals surface area contributed by atoms with Crippen molar-refractivity contribution in [2.24, 2.45) is 5.41 Å². The monoisotopic (exact) mass is 150 g/mol. The van der Waals surface area contributed by atoms with Crippen LogP contribution in [0.3, 0.4) is 0 Å². The molecule has 2 nitrogen and oxygen atoms in total. The molecule has 10 heavy (non-hydrogen) atoms. The van der Waals surface area contributed by atoms with Crippen molar-refractivity contribution in [3.63, 3.8) is 0 Å². The second kappa shape index (κ2) is 4.94. The van der Waals surface area contributed by atoms with E-state index < -0.39 is 5.41 Å². The van der Waals surface area contributed by atoms with Crippen LogP contribution in [0.2, 0.25) is 0 Å². The Balaban J connectivity index is 0. The third-order valence-corrected chi connectivity index (χ3v) is 0.959. The van der Waals surface area contributed by atoms with Crippen LogP contribution in [0, 0.1) is 5.41 Å². The molecule has 3 heteroatoms. The summed E-state index contributed by atoms with van der Waals surface area (Å²) in [6, 6.07) is 0. The maximum atomic E-state index is 10.8. The van der Waals surface area contributed by atoms with Gasteiger partial charge in [-0.2, -0.15) is 0 Å². The topological polar surface area (TPSA) is 40.1 Å². The van der Waals surface area contributed by atoms with Gasteiger partial charge in [0.1, 0.15) is 0 Å². The molecule has 0 spiro atoms. The predicted molar refractivity (Wildman–Crippen MR) is 33.6 cm³/mol. The van der Waals surface area contributed by atoms with E-state index in [4.69, 9.17) is 0 Å². The average molecular weight is 150 g/mol. The summed E-state index contributed by atoms with van der Waals surface area (Å²) in [5.74, 6) is -0.127. The van der Waals surface area contributed by atoms with E-state index in [1.807, 2.05) is 0 Å². The first-order chi connectivity index (χ1) is 3.98. The normalized spacial score (nSPS) is 11.1. The fourth-order valence-corrected chi connectivity index (χ4v) is 0.312. The first-order valence-electron chi connectivity index (χ1n) is 2.81. The molecule has 0 rings (SSSR count). The van der Waals surface area contributed by atoms with Gasteiger partial charge in [-0.05, 0) is 6.08 Å². The van der Waals surface area contributed by atoms with Crippen LogP contribution in [-0.2, 0) is 4.79 Å². The number of allylic oxidation sites excluding steroid dienone is 1. The Labute approximate surface area is 83.6 Å². The average Bonchev–Trinajstić information content (AvgIpc) is 1.64. The van der Waals surface area contributed by atoms with Crippen molar-refractivity contribution in [1.82, 2.24) is 0 Å². The maximum absolute atomic E-state index is 10.8. The molecule has 0 atom stereocenters. The van der Waals surface area contributed by atoms with Crippen molar-refractivity contribution >= 4 is 5.78 Å². The third-order valence-electron chi connectivity index (χ3n) is 0.959. The van der Waals surface area contributed by atoms with Gasteiger partial charge < -0.3 is 5.11 Å². The van der Waals surface area contributed by atoms with Gasteiger partial charge in [-0.25, -0.2) is 0 Å². The van der Waals surface area contributed by atoms with E-state index in [-0.39, 0.29) is 35.3 Å². The van der Waals surface area contributed by atoms with Crippen LogP contribution in [-0.4, -0.2) is 5.78 Å². The largest absolute Gasteiger partial charge is 1.00 e. The summed E-state index contributed by atoms with van der Waals surface area (Å²) in [5, 5.41) is 9.79. The molecule has 0 saturated carbocycles. The zero-order valence-corrected chi connectivity index (χ0v) is 8.97. The van der Waals surface area contributed by atoms with Gasteiger partial charge in [0.15, 0.2) is 5.78 Å². The fourth-order valence-electron chi connectivity index (χ4n) is 0.312. The minimum atomic E-state index is -0.416. The molecule has 0 radical (unpaired) electrons. The standard InChI is InChI=1S/C7H12O2.Na/c1-7(2,3)6(9)4-5-8;/h4-5,8H,1-3H3;/q;+1/p-1/b5-4+;. The van der Waals surface area contributed by atoms with Crippen molar-refractivity contribution in [2.45, 2.75) is 20.8 Å². The van der Waals surface area contributed by atoms with E-state index in [1.165, 1.54) is 0 Å². The summed E-state index contributed by atoms with van der Waals surface area (Å²) in [7, 11) is 0. The van der Waals surface area contributed by atoms with Gasteiger partial charge >= 0.3 is 29.6 Å². The molecule has 0 saturated heterocycles. The first kappa shape index (κ1) is 12.8. The van der Waals surface area contributed by atoms with Crippen molar-refractivity contribution in [1.29, 1.82) is 0 Å². The van der Waals surface area contributed by atoms with Gasteiger partial charge in [-0.15, -0.1) is 6.26 Å². The van der Waals surface area contributed by atoms with Crippen LogP contribution >= 0.6 is 0 Å². The zero-order chi connectivity index (χ0) is 7.49. The van der Waals surface area contributed by atoms with E-state index >= 15 is 0 Å². The minimum Gasteiger partial charge on any atom is -0.878 e. The molecule has 52 valence electrons. The summed E-state index contributed by atoms with van der Waals surface area (Å²) in [5.41, 5.74) is -0.416. The molecular formula is C7H11NaO2. The number of rotatable bonds is 1. The van der Waals surface area contributed by atoms with Gasteiger partial charge in [0.05, 0.1) is 0 Å². The van der Waals surface area contributed by atoms with Crippen LogP contribution < -0.4 is 34.7 Å². The molecule has 0 unspecified atom stereocenters. The molecule has 0 heterocycles. The van der Waals surface area contributed by atoms with Gasteiger partial charge in [0.25, 0.3) is 0 Å². The van der Waals surface area contributed by atoms with Crippen LogP contribution in [0.1, 0.15) is 20.8 Å². The molecule has 0 aliphatic rings. The van der Waals surface area contributed by atoms with E-state index in [0.29, 0.717) is 6.26 Å². The van der Waals surface area contributed by atoms with Crippen molar-refractivity contribution in [3.8, 4) is 0 Å². The SMILES string of the molecule is CC(C)(C)C(=O)/C=C/[O-].[Na+]. The molecule has 0 aliphatic carbocycles. The summed E-state index contributed by atoms with van der Waals surface area (Å²) in [6.45, 7) is 5.32. The predicted octanol–water partition coefficient (Wildman–Crippen LogP) is -2.52. The Morgan fingerprint density at radius 1 is 1.40 bits per heavy atom. The summed E-state index contributed by atoms with van der Waals surface area (Å²) < 4.78 is 0. The number of ketones is 1. The van der Waals surface area contributed by atoms with E-state index in [1.54, 1.807) is 20.8 Å². The Kier molecular flexibility index (Phi) is 6.35. The first-order valence-corrected chi connectivity index (χ1v) is 2.81.